The molecule has 0 unspecified atom stereocenters. The Bertz CT molecular complexity index is 3160. The zero-order valence-corrected chi connectivity index (χ0v) is 40.2. The summed E-state index contributed by atoms with van der Waals surface area (Å²) in [4.78, 5) is 63.8. The first-order chi connectivity index (χ1) is 30.4. The molecule has 2 heterocycles. The van der Waals surface area contributed by atoms with Gasteiger partial charge in [-0.25, -0.2) is 8.42 Å². The Morgan fingerprint density at radius 1 is 0.758 bits per heavy atom. The number of nitrogens with zero attached hydrogens (tertiary/aromatic N) is 5. The topological polar surface area (TPSA) is 341 Å². The van der Waals surface area contributed by atoms with Crippen LogP contribution in [0.4, 0.5) is 52.0 Å². The van der Waals surface area contributed by atoms with Gasteiger partial charge in [0, 0.05) is 41.2 Å². The van der Waals surface area contributed by atoms with Crippen molar-refractivity contribution in [1.29, 1.82) is 0 Å². The van der Waals surface area contributed by atoms with Gasteiger partial charge in [0.1, 0.15) is 15.0 Å². The fourth-order valence-electron chi connectivity index (χ4n) is 6.81. The van der Waals surface area contributed by atoms with Crippen molar-refractivity contribution in [2.45, 2.75) is 9.79 Å². The van der Waals surface area contributed by atoms with Crippen LogP contribution in [0.5, 0.6) is 0 Å². The van der Waals surface area contributed by atoms with E-state index in [0.29, 0.717) is 37.7 Å². The molecule has 5 aromatic rings. The molecule has 0 bridgehead atoms. The Morgan fingerprint density at radius 2 is 1.36 bits per heavy atom. The summed E-state index contributed by atoms with van der Waals surface area (Å²) >= 11 is 0. The van der Waals surface area contributed by atoms with E-state index in [1.807, 2.05) is 0 Å². The molecule has 3 aliphatic rings. The van der Waals surface area contributed by atoms with Gasteiger partial charge in [0.2, 0.25) is 17.8 Å². The molecule has 1 saturated heterocycles. The van der Waals surface area contributed by atoms with Gasteiger partial charge in [0.25, 0.3) is 10.1 Å². The summed E-state index contributed by atoms with van der Waals surface area (Å²) in [5, 5.41) is 23.8. The zero-order chi connectivity index (χ0) is 45.5. The van der Waals surface area contributed by atoms with Crippen molar-refractivity contribution in [3.63, 3.8) is 0 Å². The Labute approximate surface area is 418 Å². The molecule has 0 radical (unpaired) electrons. The number of hydrogen-bond acceptors (Lipinski definition) is 21. The number of carbonyl (C=O) groups is 4. The van der Waals surface area contributed by atoms with E-state index >= 15 is 0 Å². The first-order valence-corrected chi connectivity index (χ1v) is 21.5. The first kappa shape index (κ1) is 49.5. The van der Waals surface area contributed by atoms with E-state index < -0.39 is 70.2 Å². The average Bonchev–Trinajstić information content (AvgIpc) is 3.26. The van der Waals surface area contributed by atoms with Crippen LogP contribution in [-0.2, 0) is 34.6 Å². The third-order valence-electron chi connectivity index (χ3n) is 9.81. The van der Waals surface area contributed by atoms with Gasteiger partial charge in [-0.05, 0) is 66.8 Å². The number of hydrogen-bond donors (Lipinski definition) is 6. The van der Waals surface area contributed by atoms with E-state index in [2.05, 4.69) is 41.4 Å². The normalized spacial score (nSPS) is 15.1. The van der Waals surface area contributed by atoms with Crippen molar-refractivity contribution in [2.75, 3.05) is 58.3 Å². The van der Waals surface area contributed by atoms with Crippen molar-refractivity contribution in [3.8, 4) is 0 Å². The van der Waals surface area contributed by atoms with Gasteiger partial charge in [0.15, 0.2) is 17.3 Å². The molecule has 4 aromatic carbocycles. The third kappa shape index (κ3) is 10.5. The summed E-state index contributed by atoms with van der Waals surface area (Å²) in [6.07, 6.45) is 3.47. The monoisotopic (exact) mass is 952 g/mol. The smallest absolute Gasteiger partial charge is 0.744 e. The Kier molecular flexibility index (Phi) is 14.9. The molecule has 326 valence electrons. The predicted octanol–water partition coefficient (Wildman–Crippen LogP) is -3.96. The van der Waals surface area contributed by atoms with Crippen molar-refractivity contribution < 1.29 is 114 Å². The standard InChI is InChI=1S/C40H32N10O12S2.2Na/c41-34-31(64(59,60)61)19-28(32-33(34)36(53)25-4-2-1-3-24(25)35(32)52)42-22-9-11-27(30(18-22)63(56,57)58)44-39-45-38(46-40(47-39)50-13-15-62-16-14-50)43-20-5-7-21(8-6-20)48-49-23-10-12-29(51)26(17-23)37(54)55;;/h1-12,17-19,42,48H,13-16,41H2,(H,54,55)(H,56,57,58)(H,59,60,61)(H2,43,44,45,46,47);;/q;2*+1/p-2/b49-23-;;. The number of nitrogens with two attached hydrogens (primary N) is 1. The number of anilines is 9. The molecule has 0 spiro atoms. The van der Waals surface area contributed by atoms with Crippen LogP contribution in [0, 0.1) is 0 Å². The van der Waals surface area contributed by atoms with Crippen molar-refractivity contribution in [2.24, 2.45) is 5.10 Å². The fraction of sp³-hybridized carbons (Fsp3) is 0.100. The number of allylic oxidation sites excluding steroid dienone is 3. The number of nitrogens with one attached hydrogen (secondary N) is 4. The molecule has 22 nitrogen and oxygen atoms in total. The summed E-state index contributed by atoms with van der Waals surface area (Å²) < 4.78 is 78.7. The van der Waals surface area contributed by atoms with Crippen LogP contribution in [0.25, 0.3) is 0 Å². The van der Waals surface area contributed by atoms with Crippen LogP contribution in [-0.4, -0.2) is 96.2 Å². The Balaban J connectivity index is 0.00000360. The summed E-state index contributed by atoms with van der Waals surface area (Å²) in [5.41, 5.74) is 6.98. The molecular formula is C40H30N10Na2O12S2. The Hall–Kier alpha value is -5.90. The maximum absolute atomic E-state index is 13.8. The molecule has 0 amide bonds. The van der Waals surface area contributed by atoms with Gasteiger partial charge >= 0.3 is 59.1 Å². The van der Waals surface area contributed by atoms with Gasteiger partial charge in [0.05, 0.1) is 63.7 Å². The van der Waals surface area contributed by atoms with Gasteiger partial charge in [-0.2, -0.15) is 28.5 Å². The Morgan fingerprint density at radius 3 is 1.98 bits per heavy atom. The number of ketones is 3. The molecule has 1 fully saturated rings. The first-order valence-electron chi connectivity index (χ1n) is 18.7. The molecule has 26 heteroatoms. The number of rotatable bonds is 12. The molecule has 0 atom stereocenters. The molecular weight excluding hydrogens is 923 g/mol. The number of carbonyl (C=O) groups excluding carboxylic acids is 4. The number of ether oxygens (including phenoxy) is 1. The maximum Gasteiger partial charge on any atom is 1.00 e. The molecule has 2 aliphatic carbocycles. The van der Waals surface area contributed by atoms with Crippen LogP contribution in [0.15, 0.2) is 111 Å². The number of hydrazone groups is 1. The summed E-state index contributed by atoms with van der Waals surface area (Å²) in [6.45, 7) is 1.50. The van der Waals surface area contributed by atoms with Crippen LogP contribution < -0.4 is 96.2 Å². The number of morpholine rings is 1. The van der Waals surface area contributed by atoms with E-state index in [1.165, 1.54) is 42.5 Å². The van der Waals surface area contributed by atoms with Crippen molar-refractivity contribution in [3.05, 3.63) is 119 Å². The van der Waals surface area contributed by atoms with Crippen LogP contribution in [0.1, 0.15) is 31.8 Å². The molecule has 0 saturated carbocycles. The zero-order valence-electron chi connectivity index (χ0n) is 34.6. The summed E-state index contributed by atoms with van der Waals surface area (Å²) in [5.74, 6) is -3.92. The minimum Gasteiger partial charge on any atom is -0.744 e. The average molecular weight is 953 g/mol. The third-order valence-corrected chi connectivity index (χ3v) is 11.6. The second-order valence-corrected chi connectivity index (χ2v) is 16.7. The largest absolute Gasteiger partial charge is 1.00 e. The van der Waals surface area contributed by atoms with Gasteiger partial charge < -0.3 is 45.8 Å². The maximum atomic E-state index is 13.8. The molecule has 1 aliphatic heterocycles. The fourth-order valence-corrected chi connectivity index (χ4v) is 8.11. The van der Waals surface area contributed by atoms with E-state index in [1.54, 1.807) is 29.2 Å². The molecule has 7 N–H and O–H groups in total. The molecule has 66 heavy (non-hydrogen) atoms. The summed E-state index contributed by atoms with van der Waals surface area (Å²) in [6, 6.07) is 16.4. The number of fused-ring (bicyclic) bond motifs is 2. The van der Waals surface area contributed by atoms with Crippen LogP contribution >= 0.6 is 0 Å². The van der Waals surface area contributed by atoms with Crippen LogP contribution in [0.2, 0.25) is 0 Å². The van der Waals surface area contributed by atoms with Crippen molar-refractivity contribution >= 4 is 101 Å². The quantitative estimate of drug-likeness (QED) is 0.0170. The number of nitrogen functional groups attached to an aromatic ring is 1. The van der Waals surface area contributed by atoms with Crippen LogP contribution in [0.3, 0.4) is 0 Å². The molecule has 8 rings (SSSR count). The van der Waals surface area contributed by atoms with Crippen molar-refractivity contribution in [1.82, 2.24) is 15.0 Å². The summed E-state index contributed by atoms with van der Waals surface area (Å²) in [7, 11) is -10.4. The second-order valence-electron chi connectivity index (χ2n) is 14.0. The molecule has 1 aromatic heterocycles. The number of benzene rings is 4. The minimum absolute atomic E-state index is 0. The number of aliphatic carboxylic acids is 1. The number of carboxylic acid groups (broad SMARTS) is 1. The predicted molar refractivity (Wildman–Crippen MR) is 226 cm³/mol. The number of carboxylic acids is 1. The van der Waals surface area contributed by atoms with E-state index in [4.69, 9.17) is 10.5 Å². The van der Waals surface area contributed by atoms with Gasteiger partial charge in [-0.1, -0.05) is 24.3 Å². The van der Waals surface area contributed by atoms with E-state index in [0.717, 1.165) is 24.3 Å². The second kappa shape index (κ2) is 19.9. The van der Waals surface area contributed by atoms with E-state index in [9.17, 15) is 50.2 Å². The van der Waals surface area contributed by atoms with E-state index in [-0.39, 0.29) is 116 Å². The van der Waals surface area contributed by atoms with Gasteiger partial charge in [-0.15, -0.1) is 0 Å². The SMILES string of the molecule is Nc1c(S(=O)(=O)O)cc(Nc2ccc(Nc3nc(Nc4ccc(N/N=C5/C=CC(=O)C(C(=O)[O-])=C5)cc4)nc(N4CCOCC4)n3)c(S(=O)(=O)[O-])c2)c2c1C(=O)c1ccccc1C2=O.[Na+].[Na+]. The minimum atomic E-state index is -5.31. The number of aromatic nitrogens is 3. The van der Waals surface area contributed by atoms with Gasteiger partial charge in [-0.3, -0.25) is 24.4 Å².